The summed E-state index contributed by atoms with van der Waals surface area (Å²) in [6, 6.07) is 9.59. The number of anilines is 1. The molecule has 0 bridgehead atoms. The first-order chi connectivity index (χ1) is 8.77. The van der Waals surface area contributed by atoms with Crippen molar-refractivity contribution in [3.63, 3.8) is 0 Å². The molecular formula is C14H14N2OS. The van der Waals surface area contributed by atoms with E-state index in [1.165, 1.54) is 5.01 Å². The van der Waals surface area contributed by atoms with Gasteiger partial charge in [-0.15, -0.1) is 0 Å². The molecule has 1 aromatic rings. The third-order valence-corrected chi connectivity index (χ3v) is 5.25. The highest BCUT2D eigenvalue weighted by atomic mass is 32.2. The number of allylic oxidation sites excluding steroid dienone is 2. The molecule has 0 aromatic heterocycles. The Balaban J connectivity index is 1.91. The summed E-state index contributed by atoms with van der Waals surface area (Å²) >= 11 is 0. The standard InChI is InChI=1S/C14H14N2OS/c1-11-13(18-9-5-6-10-18)14(17)16(15-11)12-7-3-2-4-8-12/h2-10,13,18H,1H3. The van der Waals surface area contributed by atoms with E-state index in [1.807, 2.05) is 49.4 Å². The van der Waals surface area contributed by atoms with Crippen molar-refractivity contribution in [2.75, 3.05) is 5.01 Å². The summed E-state index contributed by atoms with van der Waals surface area (Å²) in [5, 5.41) is 10.1. The summed E-state index contributed by atoms with van der Waals surface area (Å²) in [6.07, 6.45) is 4.02. The van der Waals surface area contributed by atoms with Crippen LogP contribution >= 0.6 is 10.9 Å². The Morgan fingerprint density at radius 3 is 2.50 bits per heavy atom. The minimum Gasteiger partial charge on any atom is -0.271 e. The molecule has 4 heteroatoms. The average molecular weight is 258 g/mol. The number of para-hydroxylation sites is 1. The van der Waals surface area contributed by atoms with Crippen LogP contribution in [0.1, 0.15) is 6.92 Å². The summed E-state index contributed by atoms with van der Waals surface area (Å²) in [4.78, 5) is 12.5. The van der Waals surface area contributed by atoms with E-state index in [2.05, 4.69) is 15.9 Å². The van der Waals surface area contributed by atoms with Gasteiger partial charge in [-0.3, -0.25) is 4.79 Å². The van der Waals surface area contributed by atoms with Crippen LogP contribution in [0.15, 0.2) is 58.4 Å². The zero-order valence-corrected chi connectivity index (χ0v) is 10.9. The van der Waals surface area contributed by atoms with Crippen molar-refractivity contribution in [1.82, 2.24) is 0 Å². The van der Waals surface area contributed by atoms with Crippen molar-refractivity contribution >= 4 is 28.2 Å². The van der Waals surface area contributed by atoms with E-state index in [0.29, 0.717) is 0 Å². The predicted molar refractivity (Wildman–Crippen MR) is 78.1 cm³/mol. The third-order valence-electron chi connectivity index (χ3n) is 3.02. The minimum absolute atomic E-state index is 0.0843. The Morgan fingerprint density at radius 2 is 1.83 bits per heavy atom. The molecule has 18 heavy (non-hydrogen) atoms. The molecule has 92 valence electrons. The van der Waals surface area contributed by atoms with Gasteiger partial charge in [0.1, 0.15) is 5.25 Å². The SMILES string of the molecule is CC1=NN(c2ccccc2)C(=O)C1[SH]1C=CC=C1. The molecule has 2 aliphatic heterocycles. The van der Waals surface area contributed by atoms with Crippen LogP contribution in [-0.2, 0) is 4.79 Å². The van der Waals surface area contributed by atoms with Gasteiger partial charge in [0.05, 0.1) is 11.4 Å². The summed E-state index contributed by atoms with van der Waals surface area (Å²) in [7, 11) is -0.525. The zero-order chi connectivity index (χ0) is 12.5. The number of carbonyl (C=O) groups excluding carboxylic acids is 1. The highest BCUT2D eigenvalue weighted by Crippen LogP contribution is 2.42. The van der Waals surface area contributed by atoms with Crippen LogP contribution < -0.4 is 5.01 Å². The van der Waals surface area contributed by atoms with Gasteiger partial charge in [0.25, 0.3) is 5.91 Å². The number of amides is 1. The molecule has 1 amide bonds. The number of hydrogen-bond donors (Lipinski definition) is 1. The van der Waals surface area contributed by atoms with Crippen molar-refractivity contribution < 1.29 is 4.79 Å². The van der Waals surface area contributed by atoms with Gasteiger partial charge in [0, 0.05) is 0 Å². The largest absolute Gasteiger partial charge is 0.271 e. The number of nitrogens with zero attached hydrogens (tertiary/aromatic N) is 2. The first-order valence-corrected chi connectivity index (χ1v) is 7.39. The van der Waals surface area contributed by atoms with Gasteiger partial charge in [-0.1, -0.05) is 30.4 Å². The first kappa shape index (κ1) is 11.3. The average Bonchev–Trinajstić information content (AvgIpc) is 2.99. The predicted octanol–water partition coefficient (Wildman–Crippen LogP) is 2.82. The van der Waals surface area contributed by atoms with E-state index in [-0.39, 0.29) is 11.2 Å². The summed E-state index contributed by atoms with van der Waals surface area (Å²) in [5.41, 5.74) is 1.75. The van der Waals surface area contributed by atoms with E-state index in [4.69, 9.17) is 0 Å². The lowest BCUT2D eigenvalue weighted by Crippen LogP contribution is -2.30. The Labute approximate surface area is 109 Å². The minimum atomic E-state index is -0.525. The van der Waals surface area contributed by atoms with E-state index in [0.717, 1.165) is 11.4 Å². The van der Waals surface area contributed by atoms with Gasteiger partial charge < -0.3 is 0 Å². The zero-order valence-electron chi connectivity index (χ0n) is 10.0. The van der Waals surface area contributed by atoms with Crippen LogP contribution in [0.25, 0.3) is 0 Å². The molecule has 0 fully saturated rings. The Bertz CT molecular complexity index is 550. The second-order valence-electron chi connectivity index (χ2n) is 4.26. The van der Waals surface area contributed by atoms with Crippen molar-refractivity contribution in [2.45, 2.75) is 12.2 Å². The van der Waals surface area contributed by atoms with Crippen LogP contribution in [0.4, 0.5) is 5.69 Å². The van der Waals surface area contributed by atoms with Crippen molar-refractivity contribution in [3.05, 3.63) is 53.3 Å². The molecule has 0 saturated heterocycles. The summed E-state index contributed by atoms with van der Waals surface area (Å²) in [5.74, 6) is 0.0843. The molecule has 0 spiro atoms. The highest BCUT2D eigenvalue weighted by molar-refractivity contribution is 8.24. The van der Waals surface area contributed by atoms with E-state index < -0.39 is 10.9 Å². The number of carbonyl (C=O) groups is 1. The van der Waals surface area contributed by atoms with Crippen molar-refractivity contribution in [2.24, 2.45) is 5.10 Å². The van der Waals surface area contributed by atoms with Crippen LogP contribution in [0, 0.1) is 0 Å². The van der Waals surface area contributed by atoms with Crippen LogP contribution in [-0.4, -0.2) is 16.9 Å². The maximum atomic E-state index is 12.5. The molecule has 1 unspecified atom stereocenters. The van der Waals surface area contributed by atoms with E-state index in [1.54, 1.807) is 0 Å². The van der Waals surface area contributed by atoms with Gasteiger partial charge in [-0.2, -0.15) is 21.0 Å². The fourth-order valence-electron chi connectivity index (χ4n) is 2.17. The molecule has 3 nitrogen and oxygen atoms in total. The van der Waals surface area contributed by atoms with Gasteiger partial charge >= 0.3 is 0 Å². The molecule has 2 heterocycles. The fraction of sp³-hybridized carbons (Fsp3) is 0.143. The van der Waals surface area contributed by atoms with Crippen molar-refractivity contribution in [3.8, 4) is 0 Å². The molecule has 0 N–H and O–H groups in total. The van der Waals surface area contributed by atoms with Crippen LogP contribution in [0.3, 0.4) is 0 Å². The van der Waals surface area contributed by atoms with Crippen LogP contribution in [0.2, 0.25) is 0 Å². The lowest BCUT2D eigenvalue weighted by Gasteiger charge is -2.19. The lowest BCUT2D eigenvalue weighted by molar-refractivity contribution is -0.116. The third kappa shape index (κ3) is 1.78. The smallest absolute Gasteiger partial charge is 0.265 e. The second-order valence-corrected chi connectivity index (χ2v) is 6.27. The topological polar surface area (TPSA) is 32.7 Å². The van der Waals surface area contributed by atoms with Gasteiger partial charge in [-0.25, -0.2) is 0 Å². The Morgan fingerprint density at radius 1 is 1.17 bits per heavy atom. The number of hydrogen-bond acceptors (Lipinski definition) is 2. The maximum absolute atomic E-state index is 12.5. The normalized spacial score (nSPS) is 23.9. The van der Waals surface area contributed by atoms with Gasteiger partial charge in [-0.05, 0) is 29.9 Å². The molecule has 1 aromatic carbocycles. The summed E-state index contributed by atoms with van der Waals surface area (Å²) in [6.45, 7) is 1.94. The van der Waals surface area contributed by atoms with Crippen LogP contribution in [0.5, 0.6) is 0 Å². The van der Waals surface area contributed by atoms with Gasteiger partial charge in [0.2, 0.25) is 0 Å². The molecule has 1 atom stereocenters. The summed E-state index contributed by atoms with van der Waals surface area (Å²) < 4.78 is 0. The molecule has 0 saturated carbocycles. The van der Waals surface area contributed by atoms with E-state index in [9.17, 15) is 4.79 Å². The lowest BCUT2D eigenvalue weighted by atomic mass is 10.3. The highest BCUT2D eigenvalue weighted by Gasteiger charge is 2.37. The number of benzene rings is 1. The van der Waals surface area contributed by atoms with Crippen molar-refractivity contribution in [1.29, 1.82) is 0 Å². The number of rotatable bonds is 2. The second kappa shape index (κ2) is 4.46. The molecule has 2 aliphatic rings. The quantitative estimate of drug-likeness (QED) is 0.813. The monoisotopic (exact) mass is 258 g/mol. The molecular weight excluding hydrogens is 244 g/mol. The molecule has 0 radical (unpaired) electrons. The number of hydrazone groups is 1. The number of thiol groups is 1. The van der Waals surface area contributed by atoms with Gasteiger partial charge in [0.15, 0.2) is 0 Å². The Kier molecular flexibility index (Phi) is 2.80. The molecule has 0 aliphatic carbocycles. The van der Waals surface area contributed by atoms with E-state index >= 15 is 0 Å². The first-order valence-electron chi connectivity index (χ1n) is 5.84. The molecule has 3 rings (SSSR count). The Hall–Kier alpha value is -1.81. The maximum Gasteiger partial charge on any atom is 0.265 e. The fourth-order valence-corrected chi connectivity index (χ4v) is 4.06.